The summed E-state index contributed by atoms with van der Waals surface area (Å²) < 4.78 is 42.9. The lowest BCUT2D eigenvalue weighted by Gasteiger charge is -2.16. The minimum atomic E-state index is -4.46. The maximum atomic E-state index is 12.3. The second-order valence-electron chi connectivity index (χ2n) is 4.16. The third kappa shape index (κ3) is 6.08. The minimum Gasteiger partial charge on any atom is -0.465 e. The van der Waals surface area contributed by atoms with Gasteiger partial charge in [0.05, 0.1) is 19.3 Å². The summed E-state index contributed by atoms with van der Waals surface area (Å²) in [7, 11) is 0. The smallest absolute Gasteiger partial charge is 0.401 e. The number of aryl methyl sites for hydroxylation is 1. The van der Waals surface area contributed by atoms with Crippen molar-refractivity contribution in [2.75, 3.05) is 19.8 Å². The number of halogens is 3. The van der Waals surface area contributed by atoms with E-state index in [1.807, 2.05) is 0 Å². The van der Waals surface area contributed by atoms with Crippen LogP contribution in [0.25, 0.3) is 0 Å². The molecule has 10 heteroatoms. The summed E-state index contributed by atoms with van der Waals surface area (Å²) in [4.78, 5) is 11.7. The predicted octanol–water partition coefficient (Wildman–Crippen LogP) is 0.417. The van der Waals surface area contributed by atoms with Crippen LogP contribution < -0.4 is 5.32 Å². The van der Waals surface area contributed by atoms with Crippen molar-refractivity contribution >= 4 is 5.97 Å². The topological polar surface area (TPSA) is 89.3 Å². The number of hydrogen-bond acceptors (Lipinski definition) is 6. The number of carbonyl (C=O) groups is 1. The molecule has 0 saturated carbocycles. The van der Waals surface area contributed by atoms with E-state index in [1.165, 1.54) is 10.9 Å². The Hall–Kier alpha value is -1.68. The molecule has 0 aliphatic carbocycles. The zero-order valence-corrected chi connectivity index (χ0v) is 11.4. The van der Waals surface area contributed by atoms with Crippen LogP contribution in [0.5, 0.6) is 0 Å². The van der Waals surface area contributed by atoms with Crippen LogP contribution in [0.1, 0.15) is 25.1 Å². The Balaban J connectivity index is 2.79. The molecule has 0 spiro atoms. The highest BCUT2D eigenvalue weighted by Gasteiger charge is 2.32. The van der Waals surface area contributed by atoms with Gasteiger partial charge in [0.25, 0.3) is 0 Å². The Morgan fingerprint density at radius 2 is 2.29 bits per heavy atom. The third-order valence-corrected chi connectivity index (χ3v) is 2.43. The van der Waals surface area contributed by atoms with Crippen LogP contribution in [0.4, 0.5) is 13.2 Å². The van der Waals surface area contributed by atoms with Gasteiger partial charge in [0, 0.05) is 13.2 Å². The summed E-state index contributed by atoms with van der Waals surface area (Å²) in [5, 5.41) is 18.1. The maximum absolute atomic E-state index is 12.3. The molecule has 2 N–H and O–H groups in total. The first-order chi connectivity index (χ1) is 9.87. The number of aromatic nitrogens is 3. The summed E-state index contributed by atoms with van der Waals surface area (Å²) in [6.45, 7) is 0.541. The number of esters is 1. The molecule has 1 atom stereocenters. The molecule has 21 heavy (non-hydrogen) atoms. The van der Waals surface area contributed by atoms with E-state index in [2.05, 4.69) is 15.6 Å². The van der Waals surface area contributed by atoms with E-state index in [1.54, 1.807) is 6.92 Å². The molecule has 0 aliphatic rings. The quantitative estimate of drug-likeness (QED) is 0.676. The van der Waals surface area contributed by atoms with E-state index in [4.69, 9.17) is 9.84 Å². The fourth-order valence-corrected chi connectivity index (χ4v) is 1.54. The largest absolute Gasteiger partial charge is 0.465 e. The molecular weight excluding hydrogens is 293 g/mol. The van der Waals surface area contributed by atoms with Crippen molar-refractivity contribution in [1.29, 1.82) is 0 Å². The highest BCUT2D eigenvalue weighted by Crippen LogP contribution is 2.17. The van der Waals surface area contributed by atoms with Crippen LogP contribution in [0, 0.1) is 0 Å². The van der Waals surface area contributed by atoms with Crippen LogP contribution in [0.3, 0.4) is 0 Å². The van der Waals surface area contributed by atoms with Crippen LogP contribution in [-0.2, 0) is 16.1 Å². The Morgan fingerprint density at radius 3 is 2.86 bits per heavy atom. The van der Waals surface area contributed by atoms with Gasteiger partial charge >= 0.3 is 12.1 Å². The fraction of sp³-hybridized carbons (Fsp3) is 0.727. The highest BCUT2D eigenvalue weighted by atomic mass is 19.4. The van der Waals surface area contributed by atoms with E-state index < -0.39 is 24.7 Å². The number of nitrogens with one attached hydrogen (secondary N) is 1. The molecule has 0 radical (unpaired) electrons. The molecule has 0 aliphatic heterocycles. The van der Waals surface area contributed by atoms with Crippen molar-refractivity contribution in [2.45, 2.75) is 32.1 Å². The van der Waals surface area contributed by atoms with Gasteiger partial charge in [-0.05, 0) is 13.3 Å². The zero-order valence-electron chi connectivity index (χ0n) is 11.4. The maximum Gasteiger partial charge on any atom is 0.401 e. The molecule has 7 nitrogen and oxygen atoms in total. The van der Waals surface area contributed by atoms with Crippen molar-refractivity contribution in [3.8, 4) is 0 Å². The first-order valence-electron chi connectivity index (χ1n) is 6.35. The number of alkyl halides is 3. The second-order valence-corrected chi connectivity index (χ2v) is 4.16. The zero-order chi connectivity index (χ0) is 15.9. The monoisotopic (exact) mass is 310 g/mol. The van der Waals surface area contributed by atoms with Gasteiger partial charge in [-0.1, -0.05) is 5.21 Å². The fourth-order valence-electron chi connectivity index (χ4n) is 1.54. The van der Waals surface area contributed by atoms with Crippen LogP contribution in [-0.4, -0.2) is 52.0 Å². The SMILES string of the molecule is CCOC(=O)C(NCC(F)(F)F)c1cn(CCCO)nn1. The first-order valence-corrected chi connectivity index (χ1v) is 6.35. The summed E-state index contributed by atoms with van der Waals surface area (Å²) in [5.41, 5.74) is 0.0376. The summed E-state index contributed by atoms with van der Waals surface area (Å²) in [5.74, 6) is -0.851. The van der Waals surface area contributed by atoms with E-state index in [-0.39, 0.29) is 18.9 Å². The lowest BCUT2D eigenvalue weighted by Crippen LogP contribution is -2.37. The van der Waals surface area contributed by atoms with Crippen molar-refractivity contribution < 1.29 is 27.8 Å². The van der Waals surface area contributed by atoms with Gasteiger partial charge < -0.3 is 9.84 Å². The van der Waals surface area contributed by atoms with Crippen molar-refractivity contribution in [3.05, 3.63) is 11.9 Å². The van der Waals surface area contributed by atoms with Gasteiger partial charge in [-0.15, -0.1) is 5.10 Å². The number of carbonyl (C=O) groups excluding carboxylic acids is 1. The van der Waals surface area contributed by atoms with E-state index in [0.717, 1.165) is 0 Å². The highest BCUT2D eigenvalue weighted by molar-refractivity contribution is 5.76. The van der Waals surface area contributed by atoms with Crippen molar-refractivity contribution in [2.24, 2.45) is 0 Å². The number of rotatable bonds is 8. The van der Waals surface area contributed by atoms with Gasteiger partial charge in [-0.25, -0.2) is 4.79 Å². The molecule has 1 aromatic rings. The summed E-state index contributed by atoms with van der Waals surface area (Å²) in [6, 6.07) is -1.34. The van der Waals surface area contributed by atoms with Gasteiger partial charge in [0.1, 0.15) is 5.69 Å². The normalized spacial score (nSPS) is 13.2. The van der Waals surface area contributed by atoms with E-state index in [9.17, 15) is 18.0 Å². The van der Waals surface area contributed by atoms with Gasteiger partial charge in [0.2, 0.25) is 0 Å². The molecule has 1 heterocycles. The molecule has 1 rings (SSSR count). The van der Waals surface area contributed by atoms with Crippen molar-refractivity contribution in [3.63, 3.8) is 0 Å². The second kappa shape index (κ2) is 7.93. The molecule has 1 unspecified atom stereocenters. The van der Waals surface area contributed by atoms with Crippen LogP contribution in [0.15, 0.2) is 6.20 Å². The predicted molar refractivity (Wildman–Crippen MR) is 65.2 cm³/mol. The van der Waals surface area contributed by atoms with Crippen LogP contribution in [0.2, 0.25) is 0 Å². The number of nitrogens with zero attached hydrogens (tertiary/aromatic N) is 3. The molecule has 0 saturated heterocycles. The molecule has 0 amide bonds. The van der Waals surface area contributed by atoms with E-state index in [0.29, 0.717) is 13.0 Å². The minimum absolute atomic E-state index is 0.0376. The number of aliphatic hydroxyl groups excluding tert-OH is 1. The van der Waals surface area contributed by atoms with Gasteiger partial charge in [0.15, 0.2) is 6.04 Å². The van der Waals surface area contributed by atoms with E-state index >= 15 is 0 Å². The summed E-state index contributed by atoms with van der Waals surface area (Å²) >= 11 is 0. The molecule has 120 valence electrons. The molecule has 0 bridgehead atoms. The Kier molecular flexibility index (Phi) is 6.56. The average Bonchev–Trinajstić information content (AvgIpc) is 2.84. The van der Waals surface area contributed by atoms with Crippen LogP contribution >= 0.6 is 0 Å². The summed E-state index contributed by atoms with van der Waals surface area (Å²) in [6.07, 6.45) is -2.69. The molecule has 1 aromatic heterocycles. The lowest BCUT2D eigenvalue weighted by atomic mass is 10.2. The Morgan fingerprint density at radius 1 is 1.57 bits per heavy atom. The standard InChI is InChI=1S/C11H17F3N4O3/c1-2-21-10(20)9(15-7-11(12,13)14)8-6-18(17-16-8)4-3-5-19/h6,9,15,19H,2-5,7H2,1H3. The molecular formula is C11H17F3N4O3. The average molecular weight is 310 g/mol. The molecule has 0 fully saturated rings. The number of hydrogen-bond donors (Lipinski definition) is 2. The Labute approximate surface area is 119 Å². The molecule has 0 aromatic carbocycles. The lowest BCUT2D eigenvalue weighted by molar-refractivity contribution is -0.149. The number of aliphatic hydroxyl groups is 1. The number of ether oxygens (including phenoxy) is 1. The van der Waals surface area contributed by atoms with Gasteiger partial charge in [-0.2, -0.15) is 13.2 Å². The first kappa shape index (κ1) is 17.4. The van der Waals surface area contributed by atoms with Gasteiger partial charge in [-0.3, -0.25) is 10.00 Å². The van der Waals surface area contributed by atoms with Crippen molar-refractivity contribution in [1.82, 2.24) is 20.3 Å². The Bertz CT molecular complexity index is 450. The third-order valence-electron chi connectivity index (χ3n) is 2.43.